The molecule has 14 heavy (non-hydrogen) atoms. The minimum Gasteiger partial charge on any atom is -0.376 e. The van der Waals surface area contributed by atoms with E-state index < -0.39 is 0 Å². The standard InChI is InChI=1S/C11H21NO2/c1-3-5-10(13)8-12-6-7-14-11(4-2)9-12/h11H,3-9H2,1-2H3. The molecule has 0 aromatic heterocycles. The van der Waals surface area contributed by atoms with Crippen molar-refractivity contribution < 1.29 is 9.53 Å². The van der Waals surface area contributed by atoms with Gasteiger partial charge < -0.3 is 4.74 Å². The summed E-state index contributed by atoms with van der Waals surface area (Å²) >= 11 is 0. The largest absolute Gasteiger partial charge is 0.376 e. The summed E-state index contributed by atoms with van der Waals surface area (Å²) in [5, 5.41) is 0. The van der Waals surface area contributed by atoms with Crippen LogP contribution in [0.15, 0.2) is 0 Å². The third-order valence-corrected chi connectivity index (χ3v) is 2.61. The van der Waals surface area contributed by atoms with Gasteiger partial charge in [-0.25, -0.2) is 0 Å². The molecular weight excluding hydrogens is 178 g/mol. The Kier molecular flexibility index (Phi) is 5.12. The monoisotopic (exact) mass is 199 g/mol. The van der Waals surface area contributed by atoms with Gasteiger partial charge in [0.05, 0.1) is 19.3 Å². The molecule has 0 bridgehead atoms. The highest BCUT2D eigenvalue weighted by atomic mass is 16.5. The lowest BCUT2D eigenvalue weighted by atomic mass is 10.2. The number of ketones is 1. The van der Waals surface area contributed by atoms with Gasteiger partial charge in [-0.2, -0.15) is 0 Å². The van der Waals surface area contributed by atoms with Gasteiger partial charge in [-0.15, -0.1) is 0 Å². The molecule has 1 heterocycles. The Balaban J connectivity index is 2.26. The van der Waals surface area contributed by atoms with Gasteiger partial charge in [-0.05, 0) is 12.8 Å². The molecule has 3 heteroatoms. The third kappa shape index (κ3) is 3.76. The van der Waals surface area contributed by atoms with Crippen LogP contribution >= 0.6 is 0 Å². The molecule has 1 rings (SSSR count). The first-order chi connectivity index (χ1) is 6.76. The predicted molar refractivity (Wildman–Crippen MR) is 56.4 cm³/mol. The number of rotatable bonds is 5. The molecule has 0 radical (unpaired) electrons. The zero-order chi connectivity index (χ0) is 10.4. The van der Waals surface area contributed by atoms with E-state index in [0.29, 0.717) is 24.9 Å². The summed E-state index contributed by atoms with van der Waals surface area (Å²) in [6, 6.07) is 0. The van der Waals surface area contributed by atoms with Crippen LogP contribution in [0.2, 0.25) is 0 Å². The predicted octanol–water partition coefficient (Wildman–Crippen LogP) is 1.47. The van der Waals surface area contributed by atoms with Crippen molar-refractivity contribution in [2.75, 3.05) is 26.2 Å². The summed E-state index contributed by atoms with van der Waals surface area (Å²) in [6.45, 7) is 7.40. The SMILES string of the molecule is CCCC(=O)CN1CCOC(CC)C1. The van der Waals surface area contributed by atoms with Crippen LogP contribution < -0.4 is 0 Å². The molecule has 3 nitrogen and oxygen atoms in total. The fourth-order valence-corrected chi connectivity index (χ4v) is 1.78. The van der Waals surface area contributed by atoms with Crippen LogP contribution in [-0.2, 0) is 9.53 Å². The highest BCUT2D eigenvalue weighted by molar-refractivity contribution is 5.80. The molecule has 0 aromatic rings. The van der Waals surface area contributed by atoms with Gasteiger partial charge in [-0.1, -0.05) is 13.8 Å². The van der Waals surface area contributed by atoms with E-state index in [2.05, 4.69) is 11.8 Å². The fraction of sp³-hybridized carbons (Fsp3) is 0.909. The van der Waals surface area contributed by atoms with Gasteiger partial charge in [0.1, 0.15) is 5.78 Å². The first-order valence-electron chi connectivity index (χ1n) is 5.62. The van der Waals surface area contributed by atoms with Crippen molar-refractivity contribution in [3.05, 3.63) is 0 Å². The third-order valence-electron chi connectivity index (χ3n) is 2.61. The molecule has 1 unspecified atom stereocenters. The number of nitrogens with zero attached hydrogens (tertiary/aromatic N) is 1. The molecule has 82 valence electrons. The quantitative estimate of drug-likeness (QED) is 0.671. The highest BCUT2D eigenvalue weighted by Gasteiger charge is 2.20. The van der Waals surface area contributed by atoms with Crippen LogP contribution in [0.5, 0.6) is 0 Å². The smallest absolute Gasteiger partial charge is 0.146 e. The molecular formula is C11H21NO2. The van der Waals surface area contributed by atoms with Crippen molar-refractivity contribution in [2.45, 2.75) is 39.2 Å². The number of morpholine rings is 1. The lowest BCUT2D eigenvalue weighted by Crippen LogP contribution is -2.44. The maximum absolute atomic E-state index is 11.4. The van der Waals surface area contributed by atoms with Gasteiger partial charge in [0.25, 0.3) is 0 Å². The second-order valence-corrected chi connectivity index (χ2v) is 3.92. The topological polar surface area (TPSA) is 29.5 Å². The van der Waals surface area contributed by atoms with Crippen molar-refractivity contribution in [1.82, 2.24) is 4.90 Å². The van der Waals surface area contributed by atoms with Crippen molar-refractivity contribution in [3.8, 4) is 0 Å². The Morgan fingerprint density at radius 1 is 1.50 bits per heavy atom. The van der Waals surface area contributed by atoms with E-state index >= 15 is 0 Å². The van der Waals surface area contributed by atoms with Crippen LogP contribution in [0.1, 0.15) is 33.1 Å². The summed E-state index contributed by atoms with van der Waals surface area (Å²) in [4.78, 5) is 13.6. The molecule has 1 fully saturated rings. The molecule has 1 atom stereocenters. The van der Waals surface area contributed by atoms with Gasteiger partial charge in [0, 0.05) is 19.5 Å². The van der Waals surface area contributed by atoms with Crippen LogP contribution in [-0.4, -0.2) is 43.0 Å². The fourth-order valence-electron chi connectivity index (χ4n) is 1.78. The average Bonchev–Trinajstić information content (AvgIpc) is 2.18. The second-order valence-electron chi connectivity index (χ2n) is 3.92. The molecule has 0 aliphatic carbocycles. The molecule has 0 amide bonds. The summed E-state index contributed by atoms with van der Waals surface area (Å²) in [6.07, 6.45) is 3.05. The van der Waals surface area contributed by atoms with Crippen LogP contribution in [0.3, 0.4) is 0 Å². The Morgan fingerprint density at radius 3 is 2.93 bits per heavy atom. The first kappa shape index (κ1) is 11.7. The van der Waals surface area contributed by atoms with Gasteiger partial charge >= 0.3 is 0 Å². The van der Waals surface area contributed by atoms with E-state index in [1.54, 1.807) is 0 Å². The molecule has 1 saturated heterocycles. The average molecular weight is 199 g/mol. The Labute approximate surface area is 86.4 Å². The van der Waals surface area contributed by atoms with Gasteiger partial charge in [0.2, 0.25) is 0 Å². The van der Waals surface area contributed by atoms with Crippen molar-refractivity contribution in [1.29, 1.82) is 0 Å². The van der Waals surface area contributed by atoms with Crippen molar-refractivity contribution >= 4 is 5.78 Å². The molecule has 1 aliphatic rings. The van der Waals surface area contributed by atoms with Crippen molar-refractivity contribution in [3.63, 3.8) is 0 Å². The number of Topliss-reactive ketones (excluding diaryl/α,β-unsaturated/α-hetero) is 1. The minimum atomic E-state index is 0.332. The molecule has 0 saturated carbocycles. The summed E-state index contributed by atoms with van der Waals surface area (Å²) in [7, 11) is 0. The molecule has 1 aliphatic heterocycles. The van der Waals surface area contributed by atoms with E-state index in [-0.39, 0.29) is 0 Å². The Bertz CT molecular complexity index is 182. The maximum Gasteiger partial charge on any atom is 0.146 e. The van der Waals surface area contributed by atoms with Crippen molar-refractivity contribution in [2.24, 2.45) is 0 Å². The number of carbonyl (C=O) groups excluding carboxylic acids is 1. The minimum absolute atomic E-state index is 0.332. The summed E-state index contributed by atoms with van der Waals surface area (Å²) in [5.41, 5.74) is 0. The van der Waals surface area contributed by atoms with Crippen LogP contribution in [0.4, 0.5) is 0 Å². The van der Waals surface area contributed by atoms with Gasteiger partial charge in [0.15, 0.2) is 0 Å². The number of carbonyl (C=O) groups is 1. The molecule has 0 N–H and O–H groups in total. The zero-order valence-corrected chi connectivity index (χ0v) is 9.29. The normalized spacial score (nSPS) is 23.7. The van der Waals surface area contributed by atoms with E-state index in [9.17, 15) is 4.79 Å². The van der Waals surface area contributed by atoms with E-state index in [0.717, 1.165) is 32.5 Å². The summed E-state index contributed by atoms with van der Waals surface area (Å²) < 4.78 is 5.55. The number of hydrogen-bond acceptors (Lipinski definition) is 3. The maximum atomic E-state index is 11.4. The Morgan fingerprint density at radius 2 is 2.29 bits per heavy atom. The first-order valence-corrected chi connectivity index (χ1v) is 5.62. The molecule has 0 spiro atoms. The summed E-state index contributed by atoms with van der Waals surface area (Å²) in [5.74, 6) is 0.365. The Hall–Kier alpha value is -0.410. The van der Waals surface area contributed by atoms with Crippen LogP contribution in [0.25, 0.3) is 0 Å². The molecule has 0 aromatic carbocycles. The van der Waals surface area contributed by atoms with E-state index in [1.807, 2.05) is 6.92 Å². The highest BCUT2D eigenvalue weighted by Crippen LogP contribution is 2.08. The van der Waals surface area contributed by atoms with E-state index in [1.165, 1.54) is 0 Å². The zero-order valence-electron chi connectivity index (χ0n) is 9.29. The lowest BCUT2D eigenvalue weighted by molar-refractivity contribution is -0.122. The number of ether oxygens (including phenoxy) is 1. The van der Waals surface area contributed by atoms with Gasteiger partial charge in [-0.3, -0.25) is 9.69 Å². The lowest BCUT2D eigenvalue weighted by Gasteiger charge is -2.31. The second kappa shape index (κ2) is 6.14. The number of hydrogen-bond donors (Lipinski definition) is 0. The van der Waals surface area contributed by atoms with Crippen LogP contribution in [0, 0.1) is 0 Å². The van der Waals surface area contributed by atoms with E-state index in [4.69, 9.17) is 4.74 Å².